The van der Waals surface area contributed by atoms with Crippen molar-refractivity contribution in [1.29, 1.82) is 0 Å². The van der Waals surface area contributed by atoms with Gasteiger partial charge in [0, 0.05) is 18.6 Å². The number of hydrogen-bond donors (Lipinski definition) is 1. The second-order valence-corrected chi connectivity index (χ2v) is 11.4. The van der Waals surface area contributed by atoms with E-state index >= 15 is 0 Å². The van der Waals surface area contributed by atoms with E-state index in [1.807, 2.05) is 13.8 Å². The summed E-state index contributed by atoms with van der Waals surface area (Å²) >= 11 is 0. The van der Waals surface area contributed by atoms with Gasteiger partial charge in [-0.05, 0) is 49.4 Å². The number of aliphatic hydroxyl groups is 1. The molecule has 4 rings (SSSR count). The minimum Gasteiger partial charge on any atom is -0.462 e. The number of esters is 3. The predicted molar refractivity (Wildman–Crippen MR) is 126 cm³/mol. The molecule has 2 aliphatic carbocycles. The van der Waals surface area contributed by atoms with Crippen LogP contribution in [0, 0.1) is 28.6 Å². The summed E-state index contributed by atoms with van der Waals surface area (Å²) in [5, 5.41) is 11.0. The first-order valence-corrected chi connectivity index (χ1v) is 13.0. The maximum atomic E-state index is 12.8. The zero-order chi connectivity index (χ0) is 25.6. The van der Waals surface area contributed by atoms with Crippen molar-refractivity contribution in [3.8, 4) is 0 Å². The smallest absolute Gasteiger partial charge is 0.331 e. The summed E-state index contributed by atoms with van der Waals surface area (Å²) in [4.78, 5) is 36.8. The van der Waals surface area contributed by atoms with Crippen LogP contribution in [0.5, 0.6) is 0 Å². The van der Waals surface area contributed by atoms with Crippen molar-refractivity contribution in [1.82, 2.24) is 0 Å². The molecule has 0 radical (unpaired) electrons. The third-order valence-corrected chi connectivity index (χ3v) is 9.67. The highest BCUT2D eigenvalue weighted by atomic mass is 16.6. The first-order chi connectivity index (χ1) is 16.5. The van der Waals surface area contributed by atoms with Crippen LogP contribution in [0.2, 0.25) is 0 Å². The molecular weight excluding hydrogens is 452 g/mol. The van der Waals surface area contributed by atoms with Gasteiger partial charge in [-0.1, -0.05) is 34.1 Å². The molecule has 0 bridgehead atoms. The summed E-state index contributed by atoms with van der Waals surface area (Å²) in [6.45, 7) is 10.0. The molecule has 0 aromatic rings. The fourth-order valence-corrected chi connectivity index (χ4v) is 7.18. The van der Waals surface area contributed by atoms with Gasteiger partial charge < -0.3 is 24.1 Å². The van der Waals surface area contributed by atoms with Gasteiger partial charge in [0.15, 0.2) is 0 Å². The molecule has 1 N–H and O–H groups in total. The number of ether oxygens (including phenoxy) is 4. The van der Waals surface area contributed by atoms with Crippen LogP contribution in [0.15, 0.2) is 11.6 Å². The number of carbonyl (C=O) groups excluding carboxylic acids is 3. The molecule has 0 aromatic carbocycles. The summed E-state index contributed by atoms with van der Waals surface area (Å²) in [5.74, 6) is -1.24. The van der Waals surface area contributed by atoms with Gasteiger partial charge in [0.05, 0.1) is 24.5 Å². The lowest BCUT2D eigenvalue weighted by Crippen LogP contribution is -2.67. The van der Waals surface area contributed by atoms with Crippen molar-refractivity contribution in [3.05, 3.63) is 11.6 Å². The first-order valence-electron chi connectivity index (χ1n) is 13.0. The van der Waals surface area contributed by atoms with E-state index in [2.05, 4.69) is 13.8 Å². The van der Waals surface area contributed by atoms with Gasteiger partial charge in [0.1, 0.15) is 24.4 Å². The van der Waals surface area contributed by atoms with Crippen molar-refractivity contribution in [2.24, 2.45) is 28.6 Å². The van der Waals surface area contributed by atoms with Gasteiger partial charge in [-0.15, -0.1) is 0 Å². The van der Waals surface area contributed by atoms with Crippen LogP contribution in [0.3, 0.4) is 0 Å². The van der Waals surface area contributed by atoms with Crippen molar-refractivity contribution in [2.45, 2.75) is 91.0 Å². The molecule has 8 heteroatoms. The average Bonchev–Trinajstić information content (AvgIpc) is 3.45. The topological polar surface area (TPSA) is 112 Å². The Morgan fingerprint density at radius 1 is 1.34 bits per heavy atom. The van der Waals surface area contributed by atoms with E-state index in [0.717, 1.165) is 19.3 Å². The largest absolute Gasteiger partial charge is 0.462 e. The molecule has 8 nitrogen and oxygen atoms in total. The number of rotatable bonds is 8. The van der Waals surface area contributed by atoms with Crippen molar-refractivity contribution in [2.75, 3.05) is 19.8 Å². The average molecular weight is 493 g/mol. The molecule has 2 heterocycles. The Hall–Kier alpha value is -1.93. The number of cyclic esters (lactones) is 1. The lowest BCUT2D eigenvalue weighted by molar-refractivity contribution is -0.228. The number of epoxide rings is 1. The molecule has 0 unspecified atom stereocenters. The Labute approximate surface area is 207 Å². The number of hydrogen-bond acceptors (Lipinski definition) is 8. The van der Waals surface area contributed by atoms with Crippen LogP contribution in [0.1, 0.15) is 73.1 Å². The van der Waals surface area contributed by atoms with Gasteiger partial charge in [-0.2, -0.15) is 0 Å². The van der Waals surface area contributed by atoms with Gasteiger partial charge in [0.25, 0.3) is 0 Å². The quantitative estimate of drug-likeness (QED) is 0.312. The number of carbonyl (C=O) groups is 3. The van der Waals surface area contributed by atoms with Gasteiger partial charge in [-0.3, -0.25) is 9.59 Å². The minimum absolute atomic E-state index is 0.0206. The normalized spacial score (nSPS) is 39.8. The van der Waals surface area contributed by atoms with Crippen LogP contribution in [-0.2, 0) is 33.3 Å². The van der Waals surface area contributed by atoms with E-state index in [-0.39, 0.29) is 48.3 Å². The minimum atomic E-state index is -0.722. The summed E-state index contributed by atoms with van der Waals surface area (Å²) < 4.78 is 23.2. The molecule has 0 aromatic heterocycles. The molecule has 0 amide bonds. The first kappa shape index (κ1) is 26.1. The molecule has 2 aliphatic heterocycles. The second-order valence-electron chi connectivity index (χ2n) is 11.4. The molecule has 3 fully saturated rings. The van der Waals surface area contributed by atoms with E-state index in [1.54, 1.807) is 0 Å². The Morgan fingerprint density at radius 2 is 2.06 bits per heavy atom. The molecule has 4 aliphatic rings. The number of fused-ring (bicyclic) bond motifs is 2. The van der Waals surface area contributed by atoms with Gasteiger partial charge in [0.2, 0.25) is 0 Å². The molecule has 1 saturated heterocycles. The van der Waals surface area contributed by atoms with Crippen molar-refractivity contribution >= 4 is 17.9 Å². The van der Waals surface area contributed by atoms with Gasteiger partial charge in [-0.25, -0.2) is 4.79 Å². The SMILES string of the molecule is CC[C@H](C)C(=O)O[C@@H](C[C@@]1(C)[C@H](C)C[C@H](OC(C)=O)[C@]2(CO)[C@@H]1CCC[C@]21CO1)C1=CC(=O)OC1. The summed E-state index contributed by atoms with van der Waals surface area (Å²) in [7, 11) is 0. The summed E-state index contributed by atoms with van der Waals surface area (Å²) in [5.41, 5.74) is -0.920. The van der Waals surface area contributed by atoms with Crippen LogP contribution >= 0.6 is 0 Å². The fourth-order valence-electron chi connectivity index (χ4n) is 7.18. The third-order valence-electron chi connectivity index (χ3n) is 9.67. The third kappa shape index (κ3) is 4.31. The molecule has 8 atom stereocenters. The summed E-state index contributed by atoms with van der Waals surface area (Å²) in [6.07, 6.45) is 4.76. The highest BCUT2D eigenvalue weighted by molar-refractivity contribution is 5.85. The van der Waals surface area contributed by atoms with E-state index in [9.17, 15) is 19.5 Å². The lowest BCUT2D eigenvalue weighted by Gasteiger charge is -2.63. The zero-order valence-electron chi connectivity index (χ0n) is 21.6. The van der Waals surface area contributed by atoms with Gasteiger partial charge >= 0.3 is 17.9 Å². The van der Waals surface area contributed by atoms with Crippen LogP contribution in [-0.4, -0.2) is 60.6 Å². The Morgan fingerprint density at radius 3 is 2.60 bits per heavy atom. The molecular formula is C27H40O8. The molecule has 35 heavy (non-hydrogen) atoms. The highest BCUT2D eigenvalue weighted by Gasteiger charge is 2.74. The maximum absolute atomic E-state index is 12.8. The van der Waals surface area contributed by atoms with Crippen LogP contribution in [0.25, 0.3) is 0 Å². The predicted octanol–water partition coefficient (Wildman–Crippen LogP) is 3.34. The standard InChI is InChI=1S/C27H40O8/c1-6-16(2)24(31)35-20(19-11-23(30)32-13-19)12-25(5)17(3)10-22(34-18(4)29)27(14-28)21(25)8-7-9-26(27)15-33-26/h11,16-17,20-22,28H,6-10,12-15H2,1-5H3/t16-,17+,20-,21+,22-,25-,26-,27-/m0/s1. The molecule has 1 spiro atoms. The van der Waals surface area contributed by atoms with E-state index in [4.69, 9.17) is 18.9 Å². The maximum Gasteiger partial charge on any atom is 0.331 e. The highest BCUT2D eigenvalue weighted by Crippen LogP contribution is 2.69. The fraction of sp³-hybridized carbons (Fsp3) is 0.815. The van der Waals surface area contributed by atoms with E-state index < -0.39 is 29.2 Å². The van der Waals surface area contributed by atoms with Crippen molar-refractivity contribution < 1.29 is 38.4 Å². The Bertz CT molecular complexity index is 892. The Balaban J connectivity index is 1.72. The van der Waals surface area contributed by atoms with E-state index in [0.29, 0.717) is 31.4 Å². The lowest BCUT2D eigenvalue weighted by atomic mass is 9.43. The van der Waals surface area contributed by atoms with E-state index in [1.165, 1.54) is 13.0 Å². The Kier molecular flexibility index (Phi) is 7.10. The van der Waals surface area contributed by atoms with Crippen LogP contribution < -0.4 is 0 Å². The summed E-state index contributed by atoms with van der Waals surface area (Å²) in [6, 6.07) is 0. The second kappa shape index (κ2) is 9.51. The zero-order valence-corrected chi connectivity index (χ0v) is 21.6. The molecule has 196 valence electrons. The van der Waals surface area contributed by atoms with Crippen LogP contribution in [0.4, 0.5) is 0 Å². The number of aliphatic hydroxyl groups excluding tert-OH is 1. The van der Waals surface area contributed by atoms with Crippen molar-refractivity contribution in [3.63, 3.8) is 0 Å². The monoisotopic (exact) mass is 492 g/mol. The molecule has 2 saturated carbocycles.